The first kappa shape index (κ1) is 31.0. The van der Waals surface area contributed by atoms with Gasteiger partial charge in [-0.3, -0.25) is 19.2 Å². The van der Waals surface area contributed by atoms with Crippen LogP contribution in [0.3, 0.4) is 0 Å². The Morgan fingerprint density at radius 3 is 2.52 bits per heavy atom. The predicted molar refractivity (Wildman–Crippen MR) is 156 cm³/mol. The van der Waals surface area contributed by atoms with Gasteiger partial charge in [-0.2, -0.15) is 0 Å². The molecule has 2 atom stereocenters. The van der Waals surface area contributed by atoms with E-state index in [0.29, 0.717) is 69.4 Å². The van der Waals surface area contributed by atoms with Crippen LogP contribution in [0.25, 0.3) is 0 Å². The van der Waals surface area contributed by atoms with E-state index in [1.807, 2.05) is 11.0 Å². The van der Waals surface area contributed by atoms with Crippen LogP contribution in [0, 0.1) is 5.92 Å². The molecule has 0 aliphatic carbocycles. The van der Waals surface area contributed by atoms with Crippen LogP contribution >= 0.6 is 0 Å². The minimum absolute atomic E-state index is 0.0150. The molecule has 0 N–H and O–H groups in total. The maximum Gasteiger partial charge on any atom is 0.245 e. The smallest absolute Gasteiger partial charge is 0.245 e. The molecule has 2 fully saturated rings. The number of ether oxygens (including phenoxy) is 2. The normalized spacial score (nSPS) is 17.6. The predicted octanol–water partition coefficient (Wildman–Crippen LogP) is 2.53. The highest BCUT2D eigenvalue weighted by Crippen LogP contribution is 2.27. The summed E-state index contributed by atoms with van der Waals surface area (Å²) in [4.78, 5) is 59.6. The van der Waals surface area contributed by atoms with E-state index < -0.39 is 12.0 Å². The molecule has 3 amide bonds. The lowest BCUT2D eigenvalue weighted by atomic mass is 9.99. The Morgan fingerprint density at radius 2 is 1.86 bits per heavy atom. The highest BCUT2D eigenvalue weighted by molar-refractivity contribution is 5.89. The van der Waals surface area contributed by atoms with Gasteiger partial charge in [0.25, 0.3) is 0 Å². The highest BCUT2D eigenvalue weighted by Gasteiger charge is 2.40. The summed E-state index contributed by atoms with van der Waals surface area (Å²) in [6, 6.07) is 6.64. The van der Waals surface area contributed by atoms with Crippen molar-refractivity contribution in [1.82, 2.24) is 24.8 Å². The van der Waals surface area contributed by atoms with Gasteiger partial charge in [-0.15, -0.1) is 0 Å². The molecule has 0 saturated carbocycles. The molecule has 2 aliphatic heterocycles. The third-order valence-corrected chi connectivity index (χ3v) is 7.90. The monoisotopic (exact) mass is 582 g/mol. The molecule has 42 heavy (non-hydrogen) atoms. The molecule has 12 heteroatoms. The number of piperazine rings is 1. The second-order valence-electron chi connectivity index (χ2n) is 10.5. The van der Waals surface area contributed by atoms with Crippen molar-refractivity contribution in [3.63, 3.8) is 0 Å². The van der Waals surface area contributed by atoms with Crippen LogP contribution in [-0.2, 0) is 25.8 Å². The van der Waals surface area contributed by atoms with Crippen molar-refractivity contribution in [3.05, 3.63) is 42.2 Å². The molecule has 228 valence electrons. The van der Waals surface area contributed by atoms with Gasteiger partial charge < -0.3 is 24.2 Å². The Bertz CT molecular complexity index is 1180. The van der Waals surface area contributed by atoms with E-state index in [1.54, 1.807) is 49.7 Å². The highest BCUT2D eigenvalue weighted by atomic mass is 16.7. The number of carbonyl (C=O) groups excluding carboxylic acids is 3. The second kappa shape index (κ2) is 15.3. The van der Waals surface area contributed by atoms with Crippen LogP contribution in [0.1, 0.15) is 44.6 Å². The molecule has 0 spiro atoms. The Kier molecular flexibility index (Phi) is 11.3. The van der Waals surface area contributed by atoms with E-state index in [4.69, 9.17) is 14.3 Å². The van der Waals surface area contributed by atoms with Gasteiger partial charge in [0, 0.05) is 56.7 Å². The van der Waals surface area contributed by atoms with Crippen molar-refractivity contribution in [2.75, 3.05) is 58.4 Å². The number of amides is 3. The molecule has 2 aliphatic rings. The van der Waals surface area contributed by atoms with Gasteiger partial charge in [-0.25, -0.2) is 15.0 Å². The van der Waals surface area contributed by atoms with E-state index in [-0.39, 0.29) is 25.0 Å². The Hall–Kier alpha value is -3.93. The molecule has 1 aromatic heterocycles. The lowest BCUT2D eigenvalue weighted by Gasteiger charge is -2.38. The summed E-state index contributed by atoms with van der Waals surface area (Å²) < 4.78 is 10.7. The van der Waals surface area contributed by atoms with Crippen LogP contribution in [0.4, 0.5) is 5.95 Å². The van der Waals surface area contributed by atoms with Gasteiger partial charge in [-0.1, -0.05) is 19.8 Å². The van der Waals surface area contributed by atoms with Crippen molar-refractivity contribution < 1.29 is 28.7 Å². The average molecular weight is 583 g/mol. The molecule has 0 radical (unpaired) electrons. The first-order valence-corrected chi connectivity index (χ1v) is 14.7. The van der Waals surface area contributed by atoms with E-state index in [1.165, 1.54) is 5.06 Å². The first-order valence-electron chi connectivity index (χ1n) is 14.7. The van der Waals surface area contributed by atoms with E-state index in [2.05, 4.69) is 21.8 Å². The maximum atomic E-state index is 13.9. The van der Waals surface area contributed by atoms with Crippen LogP contribution in [0.5, 0.6) is 11.5 Å². The number of aromatic nitrogens is 2. The van der Waals surface area contributed by atoms with Gasteiger partial charge in [-0.05, 0) is 37.5 Å². The van der Waals surface area contributed by atoms with E-state index >= 15 is 0 Å². The van der Waals surface area contributed by atoms with Crippen molar-refractivity contribution in [2.45, 2.75) is 51.7 Å². The average Bonchev–Trinajstić information content (AvgIpc) is 3.54. The zero-order valence-corrected chi connectivity index (χ0v) is 24.8. The largest absolute Gasteiger partial charge is 0.497 e. The minimum atomic E-state index is -0.490. The Labute approximate surface area is 247 Å². The van der Waals surface area contributed by atoms with E-state index in [9.17, 15) is 14.4 Å². The molecule has 3 heterocycles. The number of carbonyl (C=O) groups is 3. The number of hydroxylamine groups is 2. The van der Waals surface area contributed by atoms with Gasteiger partial charge in [0.1, 0.15) is 24.1 Å². The fraction of sp³-hybridized carbons (Fsp3) is 0.567. The number of methoxy groups -OCH3 is 2. The fourth-order valence-corrected chi connectivity index (χ4v) is 5.52. The number of likely N-dealkylation sites (tertiary alicyclic amines) is 1. The third-order valence-electron chi connectivity index (χ3n) is 7.90. The Morgan fingerprint density at radius 1 is 1.10 bits per heavy atom. The molecule has 0 unspecified atom stereocenters. The van der Waals surface area contributed by atoms with Gasteiger partial charge in [0.05, 0.1) is 26.7 Å². The van der Waals surface area contributed by atoms with Crippen LogP contribution in [0.15, 0.2) is 36.7 Å². The standard InChI is InChI=1S/C30H42N6O6/c1-4-5-8-23(20-35(22-37)42-21-24-10-11-25(40-2)19-27(24)41-3)28(38)36-14-6-9-26(36)29(39)33-15-17-34(18-16-33)30-31-12-7-13-32-30/h7,10-13,19,22-23,26H,4-6,8-9,14-18,20-21H2,1-3H3/t23-,26+/m1/s1. The fourth-order valence-electron chi connectivity index (χ4n) is 5.52. The number of hydrogen-bond donors (Lipinski definition) is 0. The lowest BCUT2D eigenvalue weighted by Crippen LogP contribution is -2.55. The summed E-state index contributed by atoms with van der Waals surface area (Å²) in [5.41, 5.74) is 0.741. The van der Waals surface area contributed by atoms with Crippen LogP contribution < -0.4 is 14.4 Å². The zero-order chi connectivity index (χ0) is 29.9. The lowest BCUT2D eigenvalue weighted by molar-refractivity contribution is -0.183. The molecule has 12 nitrogen and oxygen atoms in total. The van der Waals surface area contributed by atoms with Crippen molar-refractivity contribution in [1.29, 1.82) is 0 Å². The van der Waals surface area contributed by atoms with Crippen molar-refractivity contribution in [2.24, 2.45) is 5.92 Å². The van der Waals surface area contributed by atoms with Crippen molar-refractivity contribution >= 4 is 24.2 Å². The van der Waals surface area contributed by atoms with Gasteiger partial charge in [0.2, 0.25) is 24.2 Å². The topological polar surface area (TPSA) is 118 Å². The molecule has 4 rings (SSSR count). The number of unbranched alkanes of at least 4 members (excludes halogenated alkanes) is 1. The number of rotatable bonds is 14. The van der Waals surface area contributed by atoms with Gasteiger partial charge in [0.15, 0.2) is 0 Å². The summed E-state index contributed by atoms with van der Waals surface area (Å²) in [7, 11) is 3.13. The first-order chi connectivity index (χ1) is 20.5. The van der Waals surface area contributed by atoms with Crippen molar-refractivity contribution in [3.8, 4) is 11.5 Å². The van der Waals surface area contributed by atoms with Crippen LogP contribution in [-0.4, -0.2) is 103 Å². The molecular formula is C30H42N6O6. The third kappa shape index (κ3) is 7.67. The van der Waals surface area contributed by atoms with Gasteiger partial charge >= 0.3 is 0 Å². The number of nitrogens with zero attached hydrogens (tertiary/aromatic N) is 6. The summed E-state index contributed by atoms with van der Waals surface area (Å²) >= 11 is 0. The SMILES string of the molecule is CCCC[C@H](CN(C=O)OCc1ccc(OC)cc1OC)C(=O)N1CCC[C@H]1C(=O)N1CCN(c2ncccn2)CC1. The second-order valence-corrected chi connectivity index (χ2v) is 10.5. The molecule has 0 bridgehead atoms. The summed E-state index contributed by atoms with van der Waals surface area (Å²) in [5.74, 6) is 1.29. The number of anilines is 1. The molecule has 2 saturated heterocycles. The maximum absolute atomic E-state index is 13.9. The summed E-state index contributed by atoms with van der Waals surface area (Å²) in [5, 5.41) is 1.18. The summed E-state index contributed by atoms with van der Waals surface area (Å²) in [6.07, 6.45) is 7.77. The minimum Gasteiger partial charge on any atom is -0.497 e. The molecule has 1 aromatic carbocycles. The van der Waals surface area contributed by atoms with Crippen LogP contribution in [0.2, 0.25) is 0 Å². The number of benzene rings is 1. The Balaban J connectivity index is 1.38. The van der Waals surface area contributed by atoms with E-state index in [0.717, 1.165) is 24.8 Å². The quantitative estimate of drug-likeness (QED) is 0.245. The summed E-state index contributed by atoms with van der Waals surface area (Å²) in [6.45, 7) is 5.17. The number of hydrogen-bond acceptors (Lipinski definition) is 9. The molecule has 2 aromatic rings. The molecular weight excluding hydrogens is 540 g/mol. The zero-order valence-electron chi connectivity index (χ0n) is 24.8.